The van der Waals surface area contributed by atoms with E-state index in [9.17, 15) is 9.59 Å². The predicted octanol–water partition coefficient (Wildman–Crippen LogP) is 0.0365. The van der Waals surface area contributed by atoms with Crippen LogP contribution in [-0.4, -0.2) is 40.6 Å². The van der Waals surface area contributed by atoms with Gasteiger partial charge in [-0.15, -0.1) is 0 Å². The molecule has 1 aliphatic rings. The van der Waals surface area contributed by atoms with Crippen molar-refractivity contribution in [1.82, 2.24) is 14.5 Å². The molecule has 0 aliphatic carbocycles. The third-order valence-electron chi connectivity index (χ3n) is 3.71. The maximum atomic E-state index is 11.8. The molecule has 4 N–H and O–H groups in total. The lowest BCUT2D eigenvalue weighted by molar-refractivity contribution is 0.337. The first-order chi connectivity index (χ1) is 9.63. The van der Waals surface area contributed by atoms with Gasteiger partial charge in [0, 0.05) is 13.1 Å². The van der Waals surface area contributed by atoms with Crippen molar-refractivity contribution in [3.63, 3.8) is 0 Å². The number of hydrogen-bond acceptors (Lipinski definition) is 5. The molecule has 0 aromatic carbocycles. The first kappa shape index (κ1) is 14.6. The van der Waals surface area contributed by atoms with Crippen LogP contribution in [0.2, 0.25) is 0 Å². The smallest absolute Gasteiger partial charge is 0.330 e. The maximum Gasteiger partial charge on any atom is 0.330 e. The van der Waals surface area contributed by atoms with E-state index in [1.165, 1.54) is 30.5 Å². The van der Waals surface area contributed by atoms with Gasteiger partial charge in [0.15, 0.2) is 0 Å². The monoisotopic (exact) mass is 281 g/mol. The predicted molar refractivity (Wildman–Crippen MR) is 80.2 cm³/mol. The molecule has 0 unspecified atom stereocenters. The molecule has 1 fully saturated rings. The molecule has 1 saturated heterocycles. The van der Waals surface area contributed by atoms with E-state index in [2.05, 4.69) is 15.2 Å². The molecule has 1 aromatic heterocycles. The van der Waals surface area contributed by atoms with Crippen LogP contribution in [0.4, 0.5) is 11.5 Å². The van der Waals surface area contributed by atoms with Gasteiger partial charge in [-0.2, -0.15) is 0 Å². The van der Waals surface area contributed by atoms with Gasteiger partial charge in [0.1, 0.15) is 11.5 Å². The molecule has 7 heteroatoms. The Balaban J connectivity index is 1.95. The van der Waals surface area contributed by atoms with E-state index in [1.807, 2.05) is 6.92 Å². The zero-order valence-corrected chi connectivity index (χ0v) is 11.9. The number of likely N-dealkylation sites (tertiary alicyclic amines) is 1. The Bertz CT molecular complexity index is 557. The van der Waals surface area contributed by atoms with Gasteiger partial charge < -0.3 is 16.0 Å². The van der Waals surface area contributed by atoms with Crippen molar-refractivity contribution >= 4 is 11.5 Å². The van der Waals surface area contributed by atoms with E-state index < -0.39 is 11.2 Å². The Morgan fingerprint density at radius 1 is 1.30 bits per heavy atom. The standard InChI is InChI=1S/C13H23N5O2/c1-2-18-11(14)10(12(19)16-13(18)20)15-6-5-9-17-7-3-4-8-17/h15H,2-9,14H2,1H3,(H,16,19,20). The minimum atomic E-state index is -0.461. The molecule has 2 heterocycles. The van der Waals surface area contributed by atoms with Gasteiger partial charge in [-0.25, -0.2) is 4.79 Å². The lowest BCUT2D eigenvalue weighted by atomic mass is 10.3. The normalized spacial score (nSPS) is 15.7. The number of aromatic amines is 1. The Morgan fingerprint density at radius 3 is 2.65 bits per heavy atom. The van der Waals surface area contributed by atoms with Gasteiger partial charge >= 0.3 is 5.69 Å². The third-order valence-corrected chi connectivity index (χ3v) is 3.71. The highest BCUT2D eigenvalue weighted by atomic mass is 16.2. The summed E-state index contributed by atoms with van der Waals surface area (Å²) in [5.74, 6) is 0.211. The summed E-state index contributed by atoms with van der Waals surface area (Å²) in [6.07, 6.45) is 3.51. The summed E-state index contributed by atoms with van der Waals surface area (Å²) in [7, 11) is 0. The molecule has 0 amide bonds. The number of H-pyrrole nitrogens is 1. The van der Waals surface area contributed by atoms with Crippen LogP contribution in [0.5, 0.6) is 0 Å². The number of hydrogen-bond donors (Lipinski definition) is 3. The summed E-state index contributed by atoms with van der Waals surface area (Å²) >= 11 is 0. The fraction of sp³-hybridized carbons (Fsp3) is 0.692. The minimum Gasteiger partial charge on any atom is -0.383 e. The Labute approximate surface area is 117 Å². The summed E-state index contributed by atoms with van der Waals surface area (Å²) < 4.78 is 1.35. The SMILES string of the molecule is CCn1c(N)c(NCCCN2CCCC2)c(=O)[nH]c1=O. The van der Waals surface area contributed by atoms with E-state index in [0.29, 0.717) is 18.8 Å². The van der Waals surface area contributed by atoms with Gasteiger partial charge in [-0.1, -0.05) is 0 Å². The minimum absolute atomic E-state index is 0.211. The average Bonchev–Trinajstić information content (AvgIpc) is 2.91. The summed E-state index contributed by atoms with van der Waals surface area (Å²) in [5, 5.41) is 3.05. The van der Waals surface area contributed by atoms with Gasteiger partial charge in [-0.3, -0.25) is 14.3 Å². The number of anilines is 2. The third kappa shape index (κ3) is 3.22. The zero-order chi connectivity index (χ0) is 14.5. The number of aromatic nitrogens is 2. The lowest BCUT2D eigenvalue weighted by Gasteiger charge is -2.15. The molecule has 20 heavy (non-hydrogen) atoms. The molecule has 0 atom stereocenters. The Kier molecular flexibility index (Phi) is 4.84. The fourth-order valence-corrected chi connectivity index (χ4v) is 2.59. The van der Waals surface area contributed by atoms with Crippen molar-refractivity contribution in [2.45, 2.75) is 32.7 Å². The van der Waals surface area contributed by atoms with Crippen molar-refractivity contribution < 1.29 is 0 Å². The van der Waals surface area contributed by atoms with Crippen LogP contribution in [0.3, 0.4) is 0 Å². The van der Waals surface area contributed by atoms with Gasteiger partial charge in [0.25, 0.3) is 5.56 Å². The van der Waals surface area contributed by atoms with Crippen LogP contribution in [0.15, 0.2) is 9.59 Å². The number of nitrogen functional groups attached to an aromatic ring is 1. The molecule has 0 bridgehead atoms. The summed E-state index contributed by atoms with van der Waals surface area (Å²) in [6, 6.07) is 0. The van der Waals surface area contributed by atoms with Gasteiger partial charge in [-0.05, 0) is 45.8 Å². The molecule has 112 valence electrons. The number of nitrogens with one attached hydrogen (secondary N) is 2. The number of nitrogens with two attached hydrogens (primary N) is 1. The maximum absolute atomic E-state index is 11.8. The highest BCUT2D eigenvalue weighted by Gasteiger charge is 2.12. The van der Waals surface area contributed by atoms with E-state index in [-0.39, 0.29) is 5.82 Å². The van der Waals surface area contributed by atoms with Crippen LogP contribution in [0, 0.1) is 0 Å². The molecule has 0 saturated carbocycles. The Hall–Kier alpha value is -1.76. The van der Waals surface area contributed by atoms with Crippen LogP contribution in [0.25, 0.3) is 0 Å². The van der Waals surface area contributed by atoms with Crippen molar-refractivity contribution in [2.24, 2.45) is 0 Å². The lowest BCUT2D eigenvalue weighted by Crippen LogP contribution is -2.34. The summed E-state index contributed by atoms with van der Waals surface area (Å²) in [5.41, 5.74) is 5.26. The average molecular weight is 281 g/mol. The summed E-state index contributed by atoms with van der Waals surface area (Å²) in [6.45, 7) is 6.29. The first-order valence-electron chi connectivity index (χ1n) is 7.22. The van der Waals surface area contributed by atoms with E-state index in [4.69, 9.17) is 5.73 Å². The summed E-state index contributed by atoms with van der Waals surface area (Å²) in [4.78, 5) is 28.0. The molecule has 0 radical (unpaired) electrons. The van der Waals surface area contributed by atoms with Gasteiger partial charge in [0.05, 0.1) is 0 Å². The molecular weight excluding hydrogens is 258 g/mol. The zero-order valence-electron chi connectivity index (χ0n) is 11.9. The highest BCUT2D eigenvalue weighted by molar-refractivity contribution is 5.60. The van der Waals surface area contributed by atoms with Crippen LogP contribution in [-0.2, 0) is 6.54 Å². The molecular formula is C13H23N5O2. The second kappa shape index (κ2) is 6.60. The molecule has 7 nitrogen and oxygen atoms in total. The number of nitrogens with zero attached hydrogens (tertiary/aromatic N) is 2. The van der Waals surface area contributed by atoms with Crippen molar-refractivity contribution in [1.29, 1.82) is 0 Å². The van der Waals surface area contributed by atoms with Crippen molar-refractivity contribution in [3.05, 3.63) is 20.8 Å². The second-order valence-electron chi connectivity index (χ2n) is 5.09. The van der Waals surface area contributed by atoms with Gasteiger partial charge in [0.2, 0.25) is 0 Å². The van der Waals surface area contributed by atoms with E-state index >= 15 is 0 Å². The van der Waals surface area contributed by atoms with Crippen LogP contribution in [0.1, 0.15) is 26.2 Å². The largest absolute Gasteiger partial charge is 0.383 e. The quantitative estimate of drug-likeness (QED) is 0.640. The Morgan fingerprint density at radius 2 is 2.00 bits per heavy atom. The van der Waals surface area contributed by atoms with E-state index in [1.54, 1.807) is 0 Å². The van der Waals surface area contributed by atoms with Crippen LogP contribution < -0.4 is 22.3 Å². The molecule has 1 aliphatic heterocycles. The van der Waals surface area contributed by atoms with E-state index in [0.717, 1.165) is 13.0 Å². The molecule has 0 spiro atoms. The molecule has 2 rings (SSSR count). The topological polar surface area (TPSA) is 96.2 Å². The first-order valence-corrected chi connectivity index (χ1v) is 7.22. The van der Waals surface area contributed by atoms with Crippen molar-refractivity contribution in [2.75, 3.05) is 37.2 Å². The fourth-order valence-electron chi connectivity index (χ4n) is 2.59. The highest BCUT2D eigenvalue weighted by Crippen LogP contribution is 2.10. The second-order valence-corrected chi connectivity index (χ2v) is 5.09. The van der Waals surface area contributed by atoms with Crippen molar-refractivity contribution in [3.8, 4) is 0 Å². The molecule has 1 aromatic rings. The van der Waals surface area contributed by atoms with Crippen LogP contribution >= 0.6 is 0 Å². The number of rotatable bonds is 6.